The molecule has 7 heteroatoms. The summed E-state index contributed by atoms with van der Waals surface area (Å²) in [5.74, 6) is 0.540. The zero-order valence-corrected chi connectivity index (χ0v) is 12.4. The van der Waals surface area contributed by atoms with Crippen molar-refractivity contribution >= 4 is 26.6 Å². The predicted octanol–water partition coefficient (Wildman–Crippen LogP) is 1.27. The Balaban J connectivity index is 1.80. The van der Waals surface area contributed by atoms with E-state index in [0.29, 0.717) is 12.8 Å². The topological polar surface area (TPSA) is 76.9 Å². The Morgan fingerprint density at radius 1 is 1.35 bits per heavy atom. The smallest absolute Gasteiger partial charge is 0.157 e. The maximum Gasteiger partial charge on any atom is 0.157 e. The van der Waals surface area contributed by atoms with E-state index >= 15 is 0 Å². The van der Waals surface area contributed by atoms with E-state index in [4.69, 9.17) is 0 Å². The fraction of sp³-hybridized carbons (Fsp3) is 0.538. The van der Waals surface area contributed by atoms with Crippen LogP contribution in [0, 0.1) is 6.92 Å². The van der Waals surface area contributed by atoms with Crippen molar-refractivity contribution in [3.05, 3.63) is 18.0 Å². The summed E-state index contributed by atoms with van der Waals surface area (Å²) in [6.07, 6.45) is 3.10. The highest BCUT2D eigenvalue weighted by Crippen LogP contribution is 2.22. The number of aromatic nitrogens is 3. The second-order valence-corrected chi connectivity index (χ2v) is 7.68. The monoisotopic (exact) mass is 294 g/mol. The van der Waals surface area contributed by atoms with Gasteiger partial charge in [-0.3, -0.25) is 4.68 Å². The minimum absolute atomic E-state index is 0.203. The van der Waals surface area contributed by atoms with Crippen LogP contribution < -0.4 is 5.32 Å². The van der Waals surface area contributed by atoms with Crippen molar-refractivity contribution in [2.45, 2.75) is 25.8 Å². The minimum Gasteiger partial charge on any atom is -0.381 e. The van der Waals surface area contributed by atoms with Crippen LogP contribution in [-0.2, 0) is 16.9 Å². The summed E-state index contributed by atoms with van der Waals surface area (Å²) in [6, 6.07) is 2.24. The van der Waals surface area contributed by atoms with Gasteiger partial charge in [0, 0.05) is 18.5 Å². The lowest BCUT2D eigenvalue weighted by molar-refractivity contribution is 0.559. The van der Waals surface area contributed by atoms with E-state index in [1.165, 1.54) is 0 Å². The number of sulfone groups is 1. The van der Waals surface area contributed by atoms with Crippen molar-refractivity contribution in [2.24, 2.45) is 7.05 Å². The van der Waals surface area contributed by atoms with Gasteiger partial charge in [0.2, 0.25) is 0 Å². The normalized spacial score (nSPS) is 19.3. The van der Waals surface area contributed by atoms with Crippen LogP contribution in [0.1, 0.15) is 18.5 Å². The molecule has 2 aromatic heterocycles. The second-order valence-electron chi connectivity index (χ2n) is 5.37. The summed E-state index contributed by atoms with van der Waals surface area (Å²) in [5, 5.41) is 8.76. The summed E-state index contributed by atoms with van der Waals surface area (Å²) >= 11 is 0. The Morgan fingerprint density at radius 2 is 2.05 bits per heavy atom. The predicted molar refractivity (Wildman–Crippen MR) is 78.5 cm³/mol. The molecule has 0 amide bonds. The molecule has 0 aromatic carbocycles. The Kier molecular flexibility index (Phi) is 3.16. The Hall–Kier alpha value is -1.63. The number of anilines is 1. The second kappa shape index (κ2) is 4.73. The Labute approximate surface area is 118 Å². The molecule has 0 radical (unpaired) electrons. The summed E-state index contributed by atoms with van der Waals surface area (Å²) < 4.78 is 24.6. The third-order valence-electron chi connectivity index (χ3n) is 3.79. The fourth-order valence-electron chi connectivity index (χ4n) is 2.66. The third kappa shape index (κ3) is 2.49. The van der Waals surface area contributed by atoms with Gasteiger partial charge in [-0.25, -0.2) is 13.4 Å². The molecule has 1 fully saturated rings. The number of hydrogen-bond acceptors (Lipinski definition) is 5. The number of nitrogens with zero attached hydrogens (tertiary/aromatic N) is 3. The number of nitrogens with one attached hydrogen (secondary N) is 1. The van der Waals surface area contributed by atoms with Crippen molar-refractivity contribution in [1.29, 1.82) is 0 Å². The first kappa shape index (κ1) is 13.4. The molecule has 1 N–H and O–H groups in total. The summed E-state index contributed by atoms with van der Waals surface area (Å²) in [4.78, 5) is 4.42. The van der Waals surface area contributed by atoms with Crippen LogP contribution in [0.3, 0.4) is 0 Å². The molecular weight excluding hydrogens is 276 g/mol. The van der Waals surface area contributed by atoms with Crippen molar-refractivity contribution < 1.29 is 8.42 Å². The molecule has 20 heavy (non-hydrogen) atoms. The van der Waals surface area contributed by atoms with Gasteiger partial charge >= 0.3 is 0 Å². The minimum atomic E-state index is -2.81. The fourth-order valence-corrected chi connectivity index (χ4v) is 4.15. The van der Waals surface area contributed by atoms with E-state index in [9.17, 15) is 8.42 Å². The molecular formula is C13H18N4O2S. The number of pyridine rings is 1. The van der Waals surface area contributed by atoms with Crippen LogP contribution in [0.2, 0.25) is 0 Å². The van der Waals surface area contributed by atoms with Crippen molar-refractivity contribution in [1.82, 2.24) is 14.8 Å². The van der Waals surface area contributed by atoms with E-state index < -0.39 is 9.84 Å². The highest BCUT2D eigenvalue weighted by molar-refractivity contribution is 7.91. The first-order valence-electron chi connectivity index (χ1n) is 6.71. The van der Waals surface area contributed by atoms with Crippen LogP contribution in [0.25, 0.3) is 11.0 Å². The van der Waals surface area contributed by atoms with Gasteiger partial charge < -0.3 is 5.32 Å². The van der Waals surface area contributed by atoms with E-state index in [-0.39, 0.29) is 17.5 Å². The molecule has 3 heterocycles. The van der Waals surface area contributed by atoms with Gasteiger partial charge in [-0.1, -0.05) is 0 Å². The van der Waals surface area contributed by atoms with Crippen molar-refractivity contribution in [3.63, 3.8) is 0 Å². The largest absolute Gasteiger partial charge is 0.381 e. The average Bonchev–Trinajstić information content (AvgIpc) is 2.68. The highest BCUT2D eigenvalue weighted by Gasteiger charge is 2.23. The quantitative estimate of drug-likeness (QED) is 0.902. The van der Waals surface area contributed by atoms with Gasteiger partial charge in [-0.2, -0.15) is 5.10 Å². The molecule has 108 valence electrons. The van der Waals surface area contributed by atoms with Crippen molar-refractivity contribution in [2.75, 3.05) is 16.8 Å². The molecule has 0 spiro atoms. The number of hydrogen-bond donors (Lipinski definition) is 1. The van der Waals surface area contributed by atoms with E-state index in [2.05, 4.69) is 15.4 Å². The van der Waals surface area contributed by atoms with E-state index in [1.54, 1.807) is 10.9 Å². The Bertz CT molecular complexity index is 737. The van der Waals surface area contributed by atoms with Gasteiger partial charge in [0.1, 0.15) is 9.84 Å². The summed E-state index contributed by atoms with van der Waals surface area (Å²) in [5.41, 5.74) is 2.74. The van der Waals surface area contributed by atoms with Gasteiger partial charge in [-0.05, 0) is 25.8 Å². The molecule has 1 aliphatic heterocycles. The van der Waals surface area contributed by atoms with Gasteiger partial charge in [-0.15, -0.1) is 0 Å². The average molecular weight is 294 g/mol. The number of rotatable bonds is 2. The number of aryl methyl sites for hydroxylation is 2. The lowest BCUT2D eigenvalue weighted by atomic mass is 10.1. The van der Waals surface area contributed by atoms with Crippen LogP contribution in [0.15, 0.2) is 12.3 Å². The maximum absolute atomic E-state index is 11.4. The third-order valence-corrected chi connectivity index (χ3v) is 5.50. The molecule has 0 atom stereocenters. The molecule has 0 aliphatic carbocycles. The lowest BCUT2D eigenvalue weighted by Crippen LogP contribution is -2.32. The van der Waals surface area contributed by atoms with Crippen LogP contribution in [0.4, 0.5) is 5.69 Å². The highest BCUT2D eigenvalue weighted by atomic mass is 32.2. The molecule has 0 unspecified atom stereocenters. The van der Waals surface area contributed by atoms with Crippen LogP contribution in [-0.4, -0.2) is 40.7 Å². The Morgan fingerprint density at radius 3 is 2.75 bits per heavy atom. The lowest BCUT2D eigenvalue weighted by Gasteiger charge is -2.23. The van der Waals surface area contributed by atoms with E-state index in [1.807, 2.05) is 20.0 Å². The van der Waals surface area contributed by atoms with Gasteiger partial charge in [0.05, 0.1) is 29.1 Å². The van der Waals surface area contributed by atoms with Gasteiger partial charge in [0.25, 0.3) is 0 Å². The first-order chi connectivity index (χ1) is 9.44. The maximum atomic E-state index is 11.4. The van der Waals surface area contributed by atoms with E-state index in [0.717, 1.165) is 22.4 Å². The summed E-state index contributed by atoms with van der Waals surface area (Å²) in [7, 11) is -0.939. The van der Waals surface area contributed by atoms with Crippen LogP contribution >= 0.6 is 0 Å². The SMILES string of the molecule is Cc1nn(C)c2ncc(NC3CCS(=O)(=O)CC3)cc12. The molecule has 1 aliphatic rings. The van der Waals surface area contributed by atoms with Crippen molar-refractivity contribution in [3.8, 4) is 0 Å². The molecule has 0 bridgehead atoms. The molecule has 2 aromatic rings. The molecule has 6 nitrogen and oxygen atoms in total. The zero-order chi connectivity index (χ0) is 14.3. The first-order valence-corrected chi connectivity index (χ1v) is 8.53. The van der Waals surface area contributed by atoms with Crippen LogP contribution in [0.5, 0.6) is 0 Å². The molecule has 0 saturated carbocycles. The molecule has 3 rings (SSSR count). The zero-order valence-electron chi connectivity index (χ0n) is 11.6. The number of fused-ring (bicyclic) bond motifs is 1. The summed E-state index contributed by atoms with van der Waals surface area (Å²) in [6.45, 7) is 1.96. The van der Waals surface area contributed by atoms with Gasteiger partial charge in [0.15, 0.2) is 5.65 Å². The standard InChI is InChI=1S/C13H18N4O2S/c1-9-12-7-11(8-14-13(12)17(2)16-9)15-10-3-5-20(18,19)6-4-10/h7-8,10,15H,3-6H2,1-2H3. The molecule has 1 saturated heterocycles.